The van der Waals surface area contributed by atoms with E-state index in [1.54, 1.807) is 30.3 Å². The van der Waals surface area contributed by atoms with Crippen molar-refractivity contribution in [2.75, 3.05) is 0 Å². The van der Waals surface area contributed by atoms with Gasteiger partial charge in [-0.3, -0.25) is 10.1 Å². The van der Waals surface area contributed by atoms with Gasteiger partial charge in [-0.2, -0.15) is 5.10 Å². The highest BCUT2D eigenvalue weighted by Gasteiger charge is 2.15. The van der Waals surface area contributed by atoms with Crippen molar-refractivity contribution in [1.82, 2.24) is 14.3 Å². The van der Waals surface area contributed by atoms with Crippen molar-refractivity contribution in [1.29, 1.82) is 0 Å². The molecule has 0 atom stereocenters. The fraction of sp³-hybridized carbons (Fsp3) is 0.0667. The van der Waals surface area contributed by atoms with Gasteiger partial charge in [0.2, 0.25) is 0 Å². The molecule has 0 saturated carbocycles. The molecule has 0 aliphatic heterocycles. The molecule has 0 saturated heterocycles. The lowest BCUT2D eigenvalue weighted by Gasteiger charge is -2.02. The van der Waals surface area contributed by atoms with Gasteiger partial charge < -0.3 is 0 Å². The van der Waals surface area contributed by atoms with E-state index in [4.69, 9.17) is 0 Å². The fourth-order valence-electron chi connectivity index (χ4n) is 2.20. The Kier molecular flexibility index (Phi) is 3.53. The third-order valence-corrected chi connectivity index (χ3v) is 3.28. The second-order valence-corrected chi connectivity index (χ2v) is 4.66. The minimum absolute atomic E-state index is 0.0244. The van der Waals surface area contributed by atoms with E-state index < -0.39 is 4.92 Å². The van der Waals surface area contributed by atoms with Crippen molar-refractivity contribution in [3.8, 4) is 5.69 Å². The molecule has 1 aromatic heterocycles. The van der Waals surface area contributed by atoms with Crippen LogP contribution in [0.25, 0.3) is 5.69 Å². The number of nitrogens with zero attached hydrogens (tertiary/aromatic N) is 4. The van der Waals surface area contributed by atoms with Gasteiger partial charge in [-0.25, -0.2) is 14.0 Å². The zero-order chi connectivity index (χ0) is 15.5. The quantitative estimate of drug-likeness (QED) is 0.544. The van der Waals surface area contributed by atoms with Gasteiger partial charge in [-0.15, -0.1) is 0 Å². The van der Waals surface area contributed by atoms with Gasteiger partial charge in [-0.1, -0.05) is 36.4 Å². The Bertz CT molecular complexity index is 868. The predicted molar refractivity (Wildman–Crippen MR) is 80.0 cm³/mol. The number of rotatable bonds is 4. The van der Waals surface area contributed by atoms with Crippen LogP contribution in [0.3, 0.4) is 0 Å². The maximum absolute atomic E-state index is 12.3. The summed E-state index contributed by atoms with van der Waals surface area (Å²) in [7, 11) is 0. The maximum atomic E-state index is 12.3. The molecule has 110 valence electrons. The molecule has 22 heavy (non-hydrogen) atoms. The number of para-hydroxylation sites is 2. The first-order chi connectivity index (χ1) is 10.7. The van der Waals surface area contributed by atoms with Crippen LogP contribution >= 0.6 is 0 Å². The summed E-state index contributed by atoms with van der Waals surface area (Å²) in [6, 6.07) is 15.4. The van der Waals surface area contributed by atoms with Crippen LogP contribution in [-0.4, -0.2) is 19.3 Å². The summed E-state index contributed by atoms with van der Waals surface area (Å²) in [5, 5.41) is 15.0. The lowest BCUT2D eigenvalue weighted by atomic mass is 10.2. The monoisotopic (exact) mass is 296 g/mol. The Morgan fingerprint density at radius 2 is 1.73 bits per heavy atom. The Labute approximate surface area is 125 Å². The van der Waals surface area contributed by atoms with Crippen LogP contribution in [0, 0.1) is 10.1 Å². The molecular formula is C15H12N4O3. The van der Waals surface area contributed by atoms with E-state index in [1.165, 1.54) is 21.6 Å². The van der Waals surface area contributed by atoms with Crippen LogP contribution in [0.4, 0.5) is 5.69 Å². The molecule has 0 bridgehead atoms. The Hall–Kier alpha value is -3.22. The number of hydrogen-bond donors (Lipinski definition) is 0. The number of nitro benzene ring substituents is 1. The molecule has 0 unspecified atom stereocenters. The van der Waals surface area contributed by atoms with Gasteiger partial charge in [0.1, 0.15) is 6.33 Å². The smallest absolute Gasteiger partial charge is 0.258 e. The van der Waals surface area contributed by atoms with E-state index in [-0.39, 0.29) is 17.9 Å². The third-order valence-electron chi connectivity index (χ3n) is 3.28. The molecule has 0 radical (unpaired) electrons. The van der Waals surface area contributed by atoms with Gasteiger partial charge in [0.25, 0.3) is 5.69 Å². The van der Waals surface area contributed by atoms with E-state index in [0.29, 0.717) is 11.3 Å². The molecule has 3 rings (SSSR count). The topological polar surface area (TPSA) is 83.0 Å². The standard InChI is InChI=1S/C15H12N4O3/c20-15-17(13-7-2-1-3-8-13)11-16-18(15)10-12-6-4-5-9-14(12)19(21)22/h1-9,11H,10H2. The minimum Gasteiger partial charge on any atom is -0.258 e. The number of hydrogen-bond acceptors (Lipinski definition) is 4. The van der Waals surface area contributed by atoms with Crippen LogP contribution in [0.15, 0.2) is 65.7 Å². The van der Waals surface area contributed by atoms with Gasteiger partial charge in [0.05, 0.1) is 22.7 Å². The first-order valence-electron chi connectivity index (χ1n) is 6.59. The highest BCUT2D eigenvalue weighted by atomic mass is 16.6. The average Bonchev–Trinajstić information content (AvgIpc) is 2.89. The van der Waals surface area contributed by atoms with Gasteiger partial charge in [0.15, 0.2) is 0 Å². The number of aromatic nitrogens is 3. The van der Waals surface area contributed by atoms with E-state index in [1.807, 2.05) is 18.2 Å². The van der Waals surface area contributed by atoms with E-state index in [2.05, 4.69) is 5.10 Å². The maximum Gasteiger partial charge on any atom is 0.350 e. The van der Waals surface area contributed by atoms with Gasteiger partial charge in [0, 0.05) is 6.07 Å². The molecule has 0 aliphatic carbocycles. The Balaban J connectivity index is 1.97. The van der Waals surface area contributed by atoms with Gasteiger partial charge in [-0.05, 0) is 12.1 Å². The summed E-state index contributed by atoms with van der Waals surface area (Å²) in [5.74, 6) is 0. The molecule has 0 N–H and O–H groups in total. The molecule has 0 amide bonds. The Morgan fingerprint density at radius 1 is 1.05 bits per heavy atom. The molecule has 7 heteroatoms. The van der Waals surface area contributed by atoms with Crippen molar-refractivity contribution < 1.29 is 4.92 Å². The zero-order valence-corrected chi connectivity index (χ0v) is 11.5. The fourth-order valence-corrected chi connectivity index (χ4v) is 2.20. The first kappa shape index (κ1) is 13.7. The summed E-state index contributed by atoms with van der Waals surface area (Å²) in [5.41, 5.74) is 0.766. The normalized spacial score (nSPS) is 10.5. The molecule has 3 aromatic rings. The number of benzene rings is 2. The summed E-state index contributed by atoms with van der Waals surface area (Å²) in [6.07, 6.45) is 1.41. The number of nitro groups is 1. The first-order valence-corrected chi connectivity index (χ1v) is 6.59. The van der Waals surface area contributed by atoms with Gasteiger partial charge >= 0.3 is 5.69 Å². The van der Waals surface area contributed by atoms with E-state index in [9.17, 15) is 14.9 Å². The highest BCUT2D eigenvalue weighted by molar-refractivity contribution is 5.39. The molecular weight excluding hydrogens is 284 g/mol. The molecule has 1 heterocycles. The lowest BCUT2D eigenvalue weighted by Crippen LogP contribution is -2.24. The molecule has 0 aliphatic rings. The summed E-state index contributed by atoms with van der Waals surface area (Å²) >= 11 is 0. The van der Waals surface area contributed by atoms with Crippen molar-refractivity contribution in [2.45, 2.75) is 6.54 Å². The summed E-state index contributed by atoms with van der Waals surface area (Å²) < 4.78 is 2.60. The molecule has 0 fully saturated rings. The zero-order valence-electron chi connectivity index (χ0n) is 11.5. The SMILES string of the molecule is O=c1n(-c2ccccc2)cnn1Cc1ccccc1[N+](=O)[O-]. The molecule has 7 nitrogen and oxygen atoms in total. The second-order valence-electron chi connectivity index (χ2n) is 4.66. The van der Waals surface area contributed by atoms with Crippen LogP contribution in [0.5, 0.6) is 0 Å². The van der Waals surface area contributed by atoms with Crippen LogP contribution in [0.2, 0.25) is 0 Å². The summed E-state index contributed by atoms with van der Waals surface area (Å²) in [4.78, 5) is 22.9. The molecule has 0 spiro atoms. The van der Waals surface area contributed by atoms with Crippen LogP contribution < -0.4 is 5.69 Å². The average molecular weight is 296 g/mol. The van der Waals surface area contributed by atoms with Crippen LogP contribution in [-0.2, 0) is 6.54 Å². The predicted octanol–water partition coefficient (Wildman–Crippen LogP) is 1.99. The lowest BCUT2D eigenvalue weighted by molar-refractivity contribution is -0.385. The molecule has 2 aromatic carbocycles. The van der Waals surface area contributed by atoms with E-state index >= 15 is 0 Å². The van der Waals surface area contributed by atoms with Crippen LogP contribution in [0.1, 0.15) is 5.56 Å². The van der Waals surface area contributed by atoms with E-state index in [0.717, 1.165) is 0 Å². The van der Waals surface area contributed by atoms with Crippen molar-refractivity contribution in [3.63, 3.8) is 0 Å². The highest BCUT2D eigenvalue weighted by Crippen LogP contribution is 2.18. The summed E-state index contributed by atoms with van der Waals surface area (Å²) in [6.45, 7) is 0.0514. The minimum atomic E-state index is -0.464. The Morgan fingerprint density at radius 3 is 2.45 bits per heavy atom. The van der Waals surface area contributed by atoms with Crippen molar-refractivity contribution >= 4 is 5.69 Å². The third kappa shape index (κ3) is 2.51. The largest absolute Gasteiger partial charge is 0.350 e. The van der Waals surface area contributed by atoms with Crippen molar-refractivity contribution in [2.24, 2.45) is 0 Å². The van der Waals surface area contributed by atoms with Crippen molar-refractivity contribution in [3.05, 3.63) is 87.1 Å². The second kappa shape index (κ2) is 5.65.